The number of hydrogen-bond donors (Lipinski definition) is 2. The molecule has 1 aromatic rings. The minimum Gasteiger partial charge on any atom is -0.428 e. The number of para-hydroxylation sites is 1. The lowest BCUT2D eigenvalue weighted by Gasteiger charge is -2.19. The molecule has 10 heteroatoms. The number of nitrogens with one attached hydrogen (secondary N) is 2. The molecular weight excluding hydrogens is 380 g/mol. The highest BCUT2D eigenvalue weighted by Crippen LogP contribution is 2.29. The van der Waals surface area contributed by atoms with Gasteiger partial charge in [-0.1, -0.05) is 23.9 Å². The molecule has 1 aromatic carbocycles. The van der Waals surface area contributed by atoms with Crippen molar-refractivity contribution in [3.63, 3.8) is 0 Å². The first kappa shape index (κ1) is 20.1. The van der Waals surface area contributed by atoms with Gasteiger partial charge in [0, 0.05) is 12.5 Å². The van der Waals surface area contributed by atoms with Gasteiger partial charge in [-0.25, -0.2) is 13.2 Å². The molecule has 26 heavy (non-hydrogen) atoms. The second-order valence-corrected chi connectivity index (χ2v) is 9.83. The molecule has 1 amide bonds. The lowest BCUT2D eigenvalue weighted by Crippen LogP contribution is -2.38. The number of carbonyl (C=O) groups is 2. The highest BCUT2D eigenvalue weighted by Gasteiger charge is 2.27. The summed E-state index contributed by atoms with van der Waals surface area (Å²) in [5.41, 5.74) is -1.26. The number of thioether (sulfide) groups is 1. The molecule has 0 spiro atoms. The van der Waals surface area contributed by atoms with Gasteiger partial charge in [0.05, 0.1) is 5.56 Å². The average molecular weight is 400 g/mol. The molecule has 1 aliphatic rings. The van der Waals surface area contributed by atoms with Crippen molar-refractivity contribution in [2.24, 2.45) is 0 Å². The van der Waals surface area contributed by atoms with Crippen LogP contribution in [-0.4, -0.2) is 37.8 Å². The van der Waals surface area contributed by atoms with E-state index in [1.807, 2.05) is 0 Å². The first-order chi connectivity index (χ1) is 12.0. The van der Waals surface area contributed by atoms with Crippen LogP contribution < -0.4 is 15.4 Å². The summed E-state index contributed by atoms with van der Waals surface area (Å²) < 4.78 is 33.3. The number of benzene rings is 1. The molecule has 2 rings (SSSR count). The maximum Gasteiger partial charge on any atom is 0.514 e. The van der Waals surface area contributed by atoms with Crippen molar-refractivity contribution in [3.05, 3.63) is 40.3 Å². The Bertz CT molecular complexity index is 843. The normalized spacial score (nSPS) is 17.1. The molecule has 2 N–H and O–H groups in total. The monoisotopic (exact) mass is 400 g/mol. The molecule has 0 saturated carbocycles. The van der Waals surface area contributed by atoms with Crippen molar-refractivity contribution in [1.29, 1.82) is 0 Å². The minimum atomic E-state index is -3.35. The third-order valence-corrected chi connectivity index (χ3v) is 5.81. The predicted octanol–water partition coefficient (Wildman–Crippen LogP) is 2.19. The van der Waals surface area contributed by atoms with Crippen molar-refractivity contribution in [2.75, 3.05) is 6.26 Å². The Hall–Kier alpha value is -2.20. The Morgan fingerprint density at radius 3 is 2.46 bits per heavy atom. The molecule has 0 bridgehead atoms. The molecule has 1 heterocycles. The SMILES string of the molecule is CC(C)(C)OC(=O)Oc1ccccc1C(=O)NC1NC=C(S(C)(=O)=O)S1. The van der Waals surface area contributed by atoms with E-state index in [1.165, 1.54) is 18.3 Å². The fourth-order valence-corrected chi connectivity index (χ4v) is 3.83. The molecule has 0 radical (unpaired) electrons. The van der Waals surface area contributed by atoms with Crippen LogP contribution in [0.4, 0.5) is 4.79 Å². The van der Waals surface area contributed by atoms with Crippen molar-refractivity contribution in [3.8, 4) is 5.75 Å². The quantitative estimate of drug-likeness (QED) is 0.584. The highest BCUT2D eigenvalue weighted by atomic mass is 32.3. The topological polar surface area (TPSA) is 111 Å². The molecule has 0 fully saturated rings. The average Bonchev–Trinajstić information content (AvgIpc) is 2.94. The maximum atomic E-state index is 12.5. The third-order valence-electron chi connectivity index (χ3n) is 2.93. The summed E-state index contributed by atoms with van der Waals surface area (Å²) in [4.78, 5) is 24.3. The summed E-state index contributed by atoms with van der Waals surface area (Å²) in [5.74, 6) is -0.490. The summed E-state index contributed by atoms with van der Waals surface area (Å²) in [6.45, 7) is 5.09. The van der Waals surface area contributed by atoms with Gasteiger partial charge in [0.1, 0.15) is 15.6 Å². The van der Waals surface area contributed by atoms with Crippen LogP contribution >= 0.6 is 11.8 Å². The van der Waals surface area contributed by atoms with Crippen molar-refractivity contribution in [1.82, 2.24) is 10.6 Å². The molecule has 1 atom stereocenters. The number of rotatable bonds is 4. The lowest BCUT2D eigenvalue weighted by atomic mass is 10.2. The molecule has 1 aliphatic heterocycles. The zero-order valence-corrected chi connectivity index (χ0v) is 16.4. The fraction of sp³-hybridized carbons (Fsp3) is 0.375. The van der Waals surface area contributed by atoms with E-state index >= 15 is 0 Å². The smallest absolute Gasteiger partial charge is 0.428 e. The lowest BCUT2D eigenvalue weighted by molar-refractivity contribution is 0.0205. The van der Waals surface area contributed by atoms with E-state index < -0.39 is 33.0 Å². The van der Waals surface area contributed by atoms with Crippen LogP contribution in [0.1, 0.15) is 31.1 Å². The first-order valence-corrected chi connectivity index (χ1v) is 10.4. The summed E-state index contributed by atoms with van der Waals surface area (Å²) in [5, 5.41) is 5.39. The van der Waals surface area contributed by atoms with Crippen LogP contribution in [-0.2, 0) is 14.6 Å². The van der Waals surface area contributed by atoms with Gasteiger partial charge in [-0.3, -0.25) is 4.79 Å². The second-order valence-electron chi connectivity index (χ2n) is 6.44. The van der Waals surface area contributed by atoms with Gasteiger partial charge in [0.15, 0.2) is 15.3 Å². The largest absolute Gasteiger partial charge is 0.514 e. The number of hydrogen-bond acceptors (Lipinski definition) is 8. The summed E-state index contributed by atoms with van der Waals surface area (Å²) in [7, 11) is -3.35. The Kier molecular flexibility index (Phi) is 5.87. The van der Waals surface area contributed by atoms with Gasteiger partial charge < -0.3 is 20.1 Å². The van der Waals surface area contributed by atoms with E-state index in [1.54, 1.807) is 32.9 Å². The van der Waals surface area contributed by atoms with Crippen LogP contribution in [0.25, 0.3) is 0 Å². The summed E-state index contributed by atoms with van der Waals surface area (Å²) in [6.07, 6.45) is 1.49. The Morgan fingerprint density at radius 2 is 1.88 bits per heavy atom. The van der Waals surface area contributed by atoms with E-state index in [4.69, 9.17) is 9.47 Å². The maximum absolute atomic E-state index is 12.5. The van der Waals surface area contributed by atoms with Crippen LogP contribution in [0.5, 0.6) is 5.75 Å². The van der Waals surface area contributed by atoms with E-state index in [0.717, 1.165) is 18.0 Å². The van der Waals surface area contributed by atoms with Crippen molar-refractivity contribution >= 4 is 33.7 Å². The molecule has 0 saturated heterocycles. The Balaban J connectivity index is 2.05. The van der Waals surface area contributed by atoms with Crippen LogP contribution in [0.3, 0.4) is 0 Å². The first-order valence-electron chi connectivity index (χ1n) is 7.59. The van der Waals surface area contributed by atoms with Gasteiger partial charge in [-0.05, 0) is 32.9 Å². The number of ether oxygens (including phenoxy) is 2. The molecule has 0 aromatic heterocycles. The van der Waals surface area contributed by atoms with E-state index in [9.17, 15) is 18.0 Å². The van der Waals surface area contributed by atoms with E-state index in [2.05, 4.69) is 10.6 Å². The van der Waals surface area contributed by atoms with Crippen LogP contribution in [0, 0.1) is 0 Å². The van der Waals surface area contributed by atoms with Crippen molar-refractivity contribution < 1.29 is 27.5 Å². The molecule has 8 nitrogen and oxygen atoms in total. The van der Waals surface area contributed by atoms with Crippen molar-refractivity contribution in [2.45, 2.75) is 31.9 Å². The highest BCUT2D eigenvalue weighted by molar-refractivity contribution is 8.18. The number of carbonyl (C=O) groups excluding carboxylic acids is 2. The van der Waals surface area contributed by atoms with Gasteiger partial charge in [-0.15, -0.1) is 0 Å². The van der Waals surface area contributed by atoms with E-state index in [-0.39, 0.29) is 15.6 Å². The zero-order chi connectivity index (χ0) is 19.5. The van der Waals surface area contributed by atoms with Crippen LogP contribution in [0.2, 0.25) is 0 Å². The summed E-state index contributed by atoms with van der Waals surface area (Å²) >= 11 is 0.966. The van der Waals surface area contributed by atoms with Gasteiger partial charge in [0.2, 0.25) is 0 Å². The standard InChI is InChI=1S/C16H20N2O6S2/c1-16(2,3)24-15(20)23-11-8-6-5-7-10(11)13(19)18-14-17-9-12(25-14)26(4,21)22/h5-9,14,17H,1-4H3,(H,18,19). The second kappa shape index (κ2) is 7.58. The fourth-order valence-electron chi connectivity index (χ4n) is 1.89. The van der Waals surface area contributed by atoms with Gasteiger partial charge in [-0.2, -0.15) is 0 Å². The molecule has 142 valence electrons. The predicted molar refractivity (Wildman–Crippen MR) is 98.2 cm³/mol. The Labute approximate surface area is 156 Å². The Morgan fingerprint density at radius 1 is 1.23 bits per heavy atom. The zero-order valence-electron chi connectivity index (χ0n) is 14.7. The van der Waals surface area contributed by atoms with Gasteiger partial charge in [0.25, 0.3) is 5.91 Å². The van der Waals surface area contributed by atoms with Gasteiger partial charge >= 0.3 is 6.16 Å². The molecule has 0 aliphatic carbocycles. The van der Waals surface area contributed by atoms with Crippen LogP contribution in [0.15, 0.2) is 34.7 Å². The third kappa shape index (κ3) is 5.67. The molecular formula is C16H20N2O6S2. The number of amides is 1. The minimum absolute atomic E-state index is 0.0403. The summed E-state index contributed by atoms with van der Waals surface area (Å²) in [6, 6.07) is 6.18. The molecule has 1 unspecified atom stereocenters. The number of sulfone groups is 1. The van der Waals surface area contributed by atoms with E-state index in [0.29, 0.717) is 0 Å².